The van der Waals surface area contributed by atoms with Crippen molar-refractivity contribution in [1.29, 1.82) is 5.26 Å². The summed E-state index contributed by atoms with van der Waals surface area (Å²) in [5, 5.41) is 8.05. The van der Waals surface area contributed by atoms with Gasteiger partial charge in [0.05, 0.1) is 6.07 Å². The Kier molecular flexibility index (Phi) is 3.43. The van der Waals surface area contributed by atoms with Gasteiger partial charge in [-0.05, 0) is 32.1 Å². The minimum absolute atomic E-state index is 0.0242. The number of nitrogens with zero attached hydrogens (tertiary/aromatic N) is 2. The van der Waals surface area contributed by atoms with Gasteiger partial charge in [0.2, 0.25) is 10.0 Å². The van der Waals surface area contributed by atoms with E-state index >= 15 is 0 Å². The van der Waals surface area contributed by atoms with E-state index in [9.17, 15) is 8.42 Å². The average molecular weight is 257 g/mol. The molecule has 2 aliphatic heterocycles. The van der Waals surface area contributed by atoms with Crippen molar-refractivity contribution in [2.75, 3.05) is 0 Å². The largest absolute Gasteiger partial charge is 0.328 e. The average Bonchev–Trinajstić information content (AvgIpc) is 2.54. The van der Waals surface area contributed by atoms with E-state index in [1.807, 2.05) is 6.07 Å². The van der Waals surface area contributed by atoms with Crippen molar-refractivity contribution in [3.63, 3.8) is 0 Å². The number of nitriles is 1. The van der Waals surface area contributed by atoms with Crippen LogP contribution < -0.4 is 5.73 Å². The number of hydrogen-bond acceptors (Lipinski definition) is 4. The molecule has 0 aromatic heterocycles. The lowest BCUT2D eigenvalue weighted by atomic mass is 10.0. The van der Waals surface area contributed by atoms with Gasteiger partial charge in [0.1, 0.15) is 0 Å². The van der Waals surface area contributed by atoms with Crippen LogP contribution in [0, 0.1) is 11.3 Å². The molecule has 17 heavy (non-hydrogen) atoms. The Balaban J connectivity index is 2.27. The van der Waals surface area contributed by atoms with E-state index in [0.29, 0.717) is 6.42 Å². The van der Waals surface area contributed by atoms with Crippen LogP contribution in [-0.2, 0) is 10.0 Å². The summed E-state index contributed by atoms with van der Waals surface area (Å²) < 4.78 is 26.3. The molecule has 2 rings (SSSR count). The fourth-order valence-electron chi connectivity index (χ4n) is 3.11. The molecule has 6 heteroatoms. The Morgan fingerprint density at radius 1 is 1.41 bits per heavy atom. The molecule has 5 nitrogen and oxygen atoms in total. The summed E-state index contributed by atoms with van der Waals surface area (Å²) in [7, 11) is -3.47. The molecule has 2 saturated heterocycles. The van der Waals surface area contributed by atoms with Gasteiger partial charge >= 0.3 is 0 Å². The van der Waals surface area contributed by atoms with Gasteiger partial charge in [-0.25, -0.2) is 8.42 Å². The van der Waals surface area contributed by atoms with Gasteiger partial charge in [0, 0.05) is 18.1 Å². The van der Waals surface area contributed by atoms with Crippen molar-refractivity contribution in [3.8, 4) is 6.07 Å². The molecule has 2 bridgehead atoms. The molecular weight excluding hydrogens is 238 g/mol. The van der Waals surface area contributed by atoms with E-state index in [1.54, 1.807) is 11.2 Å². The van der Waals surface area contributed by atoms with Crippen molar-refractivity contribution in [2.24, 2.45) is 5.73 Å². The highest BCUT2D eigenvalue weighted by atomic mass is 32.2. The molecule has 0 spiro atoms. The Hall–Kier alpha value is -0.640. The van der Waals surface area contributed by atoms with Gasteiger partial charge in [-0.1, -0.05) is 6.92 Å². The molecular formula is C11H19N3O2S. The predicted octanol–water partition coefficient (Wildman–Crippen LogP) is 0.572. The molecule has 0 amide bonds. The normalized spacial score (nSPS) is 35.5. The van der Waals surface area contributed by atoms with E-state index in [4.69, 9.17) is 11.0 Å². The maximum absolute atomic E-state index is 12.4. The minimum Gasteiger partial charge on any atom is -0.328 e. The zero-order chi connectivity index (χ0) is 12.6. The molecule has 0 saturated carbocycles. The maximum atomic E-state index is 12.4. The summed E-state index contributed by atoms with van der Waals surface area (Å²) in [5.41, 5.74) is 5.92. The highest BCUT2D eigenvalue weighted by Gasteiger charge is 2.48. The molecule has 2 fully saturated rings. The van der Waals surface area contributed by atoms with Gasteiger partial charge in [-0.2, -0.15) is 9.57 Å². The first-order valence-electron chi connectivity index (χ1n) is 6.18. The predicted molar refractivity (Wildman–Crippen MR) is 64.5 cm³/mol. The summed E-state index contributed by atoms with van der Waals surface area (Å²) >= 11 is 0. The van der Waals surface area contributed by atoms with Crippen LogP contribution in [0.2, 0.25) is 0 Å². The zero-order valence-electron chi connectivity index (χ0n) is 10.0. The fraction of sp³-hybridized carbons (Fsp3) is 0.909. The van der Waals surface area contributed by atoms with Crippen LogP contribution in [0.3, 0.4) is 0 Å². The lowest BCUT2D eigenvalue weighted by Gasteiger charge is -2.37. The lowest BCUT2D eigenvalue weighted by molar-refractivity contribution is 0.226. The third kappa shape index (κ3) is 2.07. The third-order valence-electron chi connectivity index (χ3n) is 3.87. The van der Waals surface area contributed by atoms with Crippen molar-refractivity contribution >= 4 is 10.0 Å². The molecule has 2 aliphatic rings. The first kappa shape index (κ1) is 12.8. The van der Waals surface area contributed by atoms with Gasteiger partial charge < -0.3 is 5.73 Å². The van der Waals surface area contributed by atoms with Gasteiger partial charge in [0.15, 0.2) is 5.25 Å². The number of nitrogens with two attached hydrogens (primary N) is 1. The number of fused-ring (bicyclic) bond motifs is 2. The molecule has 0 aromatic rings. The second kappa shape index (κ2) is 4.56. The smallest absolute Gasteiger partial charge is 0.230 e. The van der Waals surface area contributed by atoms with E-state index in [2.05, 4.69) is 0 Å². The van der Waals surface area contributed by atoms with Crippen LogP contribution in [-0.4, -0.2) is 36.1 Å². The Morgan fingerprint density at radius 2 is 1.94 bits per heavy atom. The van der Waals surface area contributed by atoms with Gasteiger partial charge in [0.25, 0.3) is 0 Å². The Morgan fingerprint density at radius 3 is 2.35 bits per heavy atom. The van der Waals surface area contributed by atoms with Crippen LogP contribution in [0.4, 0.5) is 0 Å². The zero-order valence-corrected chi connectivity index (χ0v) is 10.9. The Labute approximate surface area is 103 Å². The summed E-state index contributed by atoms with van der Waals surface area (Å²) in [6.07, 6.45) is 3.59. The summed E-state index contributed by atoms with van der Waals surface area (Å²) in [4.78, 5) is 0. The molecule has 3 unspecified atom stereocenters. The second-order valence-electron chi connectivity index (χ2n) is 5.02. The molecule has 0 aliphatic carbocycles. The van der Waals surface area contributed by atoms with E-state index < -0.39 is 15.3 Å². The standard InChI is InChI=1S/C11H19N3O2S/c1-2-11(7-12)17(15,16)14-9-3-4-10(14)6-8(13)5-9/h8-11H,2-6,13H2,1H3. The van der Waals surface area contributed by atoms with Gasteiger partial charge in [-0.3, -0.25) is 0 Å². The van der Waals surface area contributed by atoms with Crippen molar-refractivity contribution in [3.05, 3.63) is 0 Å². The highest BCUT2D eigenvalue weighted by molar-refractivity contribution is 7.90. The Bertz CT molecular complexity index is 414. The van der Waals surface area contributed by atoms with Gasteiger partial charge in [-0.15, -0.1) is 0 Å². The molecule has 96 valence electrons. The summed E-state index contributed by atoms with van der Waals surface area (Å²) in [5.74, 6) is 0. The van der Waals surface area contributed by atoms with Crippen molar-refractivity contribution in [2.45, 2.75) is 62.4 Å². The minimum atomic E-state index is -3.47. The SMILES string of the molecule is CCC(C#N)S(=O)(=O)N1C2CCC1CC(N)C2. The van der Waals surface area contributed by atoms with Crippen LogP contribution >= 0.6 is 0 Å². The number of sulfonamides is 1. The van der Waals surface area contributed by atoms with Crippen LogP contribution in [0.5, 0.6) is 0 Å². The summed E-state index contributed by atoms with van der Waals surface area (Å²) in [6.45, 7) is 1.74. The molecule has 2 N–H and O–H groups in total. The molecule has 0 radical (unpaired) electrons. The number of rotatable bonds is 3. The number of piperidine rings is 1. The van der Waals surface area contributed by atoms with Crippen LogP contribution in [0.15, 0.2) is 0 Å². The number of hydrogen-bond donors (Lipinski definition) is 1. The topological polar surface area (TPSA) is 87.2 Å². The molecule has 2 heterocycles. The molecule has 3 atom stereocenters. The van der Waals surface area contributed by atoms with Crippen molar-refractivity contribution < 1.29 is 8.42 Å². The quantitative estimate of drug-likeness (QED) is 0.800. The third-order valence-corrected chi connectivity index (χ3v) is 6.21. The van der Waals surface area contributed by atoms with E-state index in [0.717, 1.165) is 25.7 Å². The van der Waals surface area contributed by atoms with Crippen LogP contribution in [0.1, 0.15) is 39.0 Å². The van der Waals surface area contributed by atoms with E-state index in [-0.39, 0.29) is 18.1 Å². The fourth-order valence-corrected chi connectivity index (χ4v) is 5.17. The van der Waals surface area contributed by atoms with Crippen molar-refractivity contribution in [1.82, 2.24) is 4.31 Å². The first-order valence-corrected chi connectivity index (χ1v) is 7.68. The molecule has 0 aromatic carbocycles. The maximum Gasteiger partial charge on any atom is 0.230 e. The lowest BCUT2D eigenvalue weighted by Crippen LogP contribution is -2.52. The second-order valence-corrected chi connectivity index (χ2v) is 7.04. The first-order chi connectivity index (χ1) is 8.00. The van der Waals surface area contributed by atoms with E-state index in [1.165, 1.54) is 0 Å². The highest BCUT2D eigenvalue weighted by Crippen LogP contribution is 2.38. The summed E-state index contributed by atoms with van der Waals surface area (Å²) in [6, 6.07) is 2.07. The van der Waals surface area contributed by atoms with Crippen LogP contribution in [0.25, 0.3) is 0 Å². The monoisotopic (exact) mass is 257 g/mol.